The summed E-state index contributed by atoms with van der Waals surface area (Å²) in [5.41, 5.74) is 3.55. The van der Waals surface area contributed by atoms with Crippen LogP contribution in [0.5, 0.6) is 0 Å². The Kier molecular flexibility index (Phi) is 5.49. The van der Waals surface area contributed by atoms with Crippen molar-refractivity contribution in [1.82, 2.24) is 10.2 Å². The Labute approximate surface area is 143 Å². The van der Waals surface area contributed by atoms with Crippen LogP contribution >= 0.6 is 0 Å². The summed E-state index contributed by atoms with van der Waals surface area (Å²) < 4.78 is 5.86. The predicted octanol–water partition coefficient (Wildman–Crippen LogP) is 3.53. The van der Waals surface area contributed by atoms with Crippen LogP contribution in [-0.2, 0) is 17.7 Å². The Bertz CT molecular complexity index is 655. The molecule has 2 amide bonds. The Balaban J connectivity index is 1.57. The van der Waals surface area contributed by atoms with Gasteiger partial charge in [-0.3, -0.25) is 0 Å². The van der Waals surface area contributed by atoms with Crippen LogP contribution < -0.4 is 5.32 Å². The fourth-order valence-corrected chi connectivity index (χ4v) is 2.89. The van der Waals surface area contributed by atoms with Crippen molar-refractivity contribution in [3.05, 3.63) is 71.3 Å². The van der Waals surface area contributed by atoms with Gasteiger partial charge in [-0.05, 0) is 23.1 Å². The van der Waals surface area contributed by atoms with E-state index in [0.29, 0.717) is 26.2 Å². The number of carbonyl (C=O) groups excluding carboxylic acids is 1. The van der Waals surface area contributed by atoms with Crippen molar-refractivity contribution >= 4 is 6.03 Å². The van der Waals surface area contributed by atoms with E-state index in [1.165, 1.54) is 5.56 Å². The van der Waals surface area contributed by atoms with Crippen molar-refractivity contribution in [3.63, 3.8) is 0 Å². The molecule has 1 heterocycles. The second-order valence-corrected chi connectivity index (χ2v) is 6.04. The van der Waals surface area contributed by atoms with Crippen molar-refractivity contribution in [2.24, 2.45) is 0 Å². The van der Waals surface area contributed by atoms with Crippen LogP contribution in [0.2, 0.25) is 0 Å². The van der Waals surface area contributed by atoms with Gasteiger partial charge in [-0.1, -0.05) is 61.5 Å². The summed E-state index contributed by atoms with van der Waals surface area (Å²) in [4.78, 5) is 14.2. The molecule has 0 saturated carbocycles. The number of amides is 2. The molecule has 0 aromatic heterocycles. The average molecular weight is 324 g/mol. The highest BCUT2D eigenvalue weighted by Crippen LogP contribution is 2.22. The average Bonchev–Trinajstić information content (AvgIpc) is 2.67. The second-order valence-electron chi connectivity index (χ2n) is 6.04. The number of nitrogens with one attached hydrogen (secondary N) is 1. The molecule has 1 N–H and O–H groups in total. The van der Waals surface area contributed by atoms with Gasteiger partial charge in [-0.25, -0.2) is 4.79 Å². The molecule has 2 aromatic rings. The van der Waals surface area contributed by atoms with E-state index in [1.54, 1.807) is 0 Å². The molecule has 3 rings (SSSR count). The van der Waals surface area contributed by atoms with E-state index in [1.807, 2.05) is 35.2 Å². The normalized spacial score (nSPS) is 17.5. The highest BCUT2D eigenvalue weighted by atomic mass is 16.5. The molecule has 1 aliphatic rings. The molecule has 0 spiro atoms. The molecule has 0 aliphatic carbocycles. The maximum atomic E-state index is 12.4. The standard InChI is InChI=1S/C20H24N2O2/c1-2-16-8-10-18(11-9-16)19-15-22(12-13-24-19)20(23)21-14-17-6-4-3-5-7-17/h3-11,19H,2,12-15H2,1H3,(H,21,23). The number of hydrogen-bond donors (Lipinski definition) is 1. The fourth-order valence-electron chi connectivity index (χ4n) is 2.89. The van der Waals surface area contributed by atoms with Crippen LogP contribution in [0.1, 0.15) is 29.7 Å². The lowest BCUT2D eigenvalue weighted by Gasteiger charge is -2.33. The molecular weight excluding hydrogens is 300 g/mol. The minimum atomic E-state index is -0.0490. The lowest BCUT2D eigenvalue weighted by Crippen LogP contribution is -2.46. The smallest absolute Gasteiger partial charge is 0.317 e. The van der Waals surface area contributed by atoms with Gasteiger partial charge in [0, 0.05) is 13.1 Å². The molecule has 4 heteroatoms. The zero-order valence-corrected chi connectivity index (χ0v) is 14.1. The first-order chi connectivity index (χ1) is 11.8. The Morgan fingerprint density at radius 2 is 1.88 bits per heavy atom. The molecule has 0 bridgehead atoms. The van der Waals surface area contributed by atoms with Gasteiger partial charge in [-0.2, -0.15) is 0 Å². The fraction of sp³-hybridized carbons (Fsp3) is 0.350. The van der Waals surface area contributed by atoms with Crippen molar-refractivity contribution in [2.45, 2.75) is 26.0 Å². The Hall–Kier alpha value is -2.33. The first-order valence-corrected chi connectivity index (χ1v) is 8.53. The van der Waals surface area contributed by atoms with Crippen molar-refractivity contribution in [3.8, 4) is 0 Å². The third kappa shape index (κ3) is 4.15. The monoisotopic (exact) mass is 324 g/mol. The molecule has 1 atom stereocenters. The van der Waals surface area contributed by atoms with Gasteiger partial charge in [-0.15, -0.1) is 0 Å². The number of urea groups is 1. The SMILES string of the molecule is CCc1ccc(C2CN(C(=O)NCc3ccccc3)CCO2)cc1. The van der Waals surface area contributed by atoms with E-state index in [2.05, 4.69) is 36.5 Å². The summed E-state index contributed by atoms with van der Waals surface area (Å²) >= 11 is 0. The molecule has 1 saturated heterocycles. The molecule has 1 aliphatic heterocycles. The molecular formula is C20H24N2O2. The third-order valence-corrected chi connectivity index (χ3v) is 4.40. The number of morpholine rings is 1. The zero-order chi connectivity index (χ0) is 16.8. The van der Waals surface area contributed by atoms with E-state index >= 15 is 0 Å². The van der Waals surface area contributed by atoms with E-state index in [9.17, 15) is 4.79 Å². The van der Waals surface area contributed by atoms with Crippen LogP contribution in [0.15, 0.2) is 54.6 Å². The summed E-state index contributed by atoms with van der Waals surface area (Å²) in [6.07, 6.45) is 0.979. The molecule has 1 unspecified atom stereocenters. The van der Waals surface area contributed by atoms with Gasteiger partial charge < -0.3 is 15.0 Å². The van der Waals surface area contributed by atoms with Gasteiger partial charge in [0.2, 0.25) is 0 Å². The maximum absolute atomic E-state index is 12.4. The van der Waals surface area contributed by atoms with Crippen LogP contribution in [0.3, 0.4) is 0 Å². The minimum absolute atomic E-state index is 0.0302. The van der Waals surface area contributed by atoms with Crippen molar-refractivity contribution in [2.75, 3.05) is 19.7 Å². The lowest BCUT2D eigenvalue weighted by atomic mass is 10.0. The number of hydrogen-bond acceptors (Lipinski definition) is 2. The van der Waals surface area contributed by atoms with Crippen LogP contribution in [0.25, 0.3) is 0 Å². The molecule has 24 heavy (non-hydrogen) atoms. The zero-order valence-electron chi connectivity index (χ0n) is 14.1. The topological polar surface area (TPSA) is 41.6 Å². The van der Waals surface area contributed by atoms with Crippen LogP contribution in [-0.4, -0.2) is 30.6 Å². The van der Waals surface area contributed by atoms with Gasteiger partial charge in [0.25, 0.3) is 0 Å². The van der Waals surface area contributed by atoms with Gasteiger partial charge in [0.15, 0.2) is 0 Å². The predicted molar refractivity (Wildman–Crippen MR) is 94.8 cm³/mol. The molecule has 0 radical (unpaired) electrons. The first kappa shape index (κ1) is 16.5. The van der Waals surface area contributed by atoms with Crippen LogP contribution in [0.4, 0.5) is 4.79 Å². The summed E-state index contributed by atoms with van der Waals surface area (Å²) in [5.74, 6) is 0. The minimum Gasteiger partial charge on any atom is -0.370 e. The molecule has 1 fully saturated rings. The summed E-state index contributed by atoms with van der Waals surface area (Å²) in [5, 5.41) is 2.99. The van der Waals surface area contributed by atoms with Crippen LogP contribution in [0, 0.1) is 0 Å². The maximum Gasteiger partial charge on any atom is 0.317 e. The number of benzene rings is 2. The van der Waals surface area contributed by atoms with Gasteiger partial charge in [0.05, 0.1) is 13.2 Å². The number of nitrogens with zero attached hydrogens (tertiary/aromatic N) is 1. The number of rotatable bonds is 4. The number of aryl methyl sites for hydroxylation is 1. The number of carbonyl (C=O) groups is 1. The van der Waals surface area contributed by atoms with Gasteiger partial charge >= 0.3 is 6.03 Å². The van der Waals surface area contributed by atoms with E-state index in [-0.39, 0.29) is 12.1 Å². The quantitative estimate of drug-likeness (QED) is 0.935. The lowest BCUT2D eigenvalue weighted by molar-refractivity contribution is -0.0154. The Morgan fingerprint density at radius 3 is 2.58 bits per heavy atom. The molecule has 4 nitrogen and oxygen atoms in total. The highest BCUT2D eigenvalue weighted by molar-refractivity contribution is 5.74. The summed E-state index contributed by atoms with van der Waals surface area (Å²) in [6.45, 7) is 4.48. The van der Waals surface area contributed by atoms with E-state index in [0.717, 1.165) is 17.5 Å². The van der Waals surface area contributed by atoms with Crippen molar-refractivity contribution in [1.29, 1.82) is 0 Å². The highest BCUT2D eigenvalue weighted by Gasteiger charge is 2.25. The summed E-state index contributed by atoms with van der Waals surface area (Å²) in [6, 6.07) is 18.4. The van der Waals surface area contributed by atoms with E-state index in [4.69, 9.17) is 4.74 Å². The Morgan fingerprint density at radius 1 is 1.12 bits per heavy atom. The first-order valence-electron chi connectivity index (χ1n) is 8.53. The van der Waals surface area contributed by atoms with E-state index < -0.39 is 0 Å². The van der Waals surface area contributed by atoms with Crippen molar-refractivity contribution < 1.29 is 9.53 Å². The largest absolute Gasteiger partial charge is 0.370 e. The molecule has 2 aromatic carbocycles. The summed E-state index contributed by atoms with van der Waals surface area (Å²) in [7, 11) is 0. The third-order valence-electron chi connectivity index (χ3n) is 4.40. The second kappa shape index (κ2) is 7.97. The van der Waals surface area contributed by atoms with Gasteiger partial charge in [0.1, 0.15) is 6.10 Å². The molecule has 126 valence electrons. The number of ether oxygens (including phenoxy) is 1.